The van der Waals surface area contributed by atoms with Crippen LogP contribution in [0, 0.1) is 5.82 Å². The fraction of sp³-hybridized carbons (Fsp3) is 0.409. The lowest BCUT2D eigenvalue weighted by molar-refractivity contribution is 0.0848. The molecule has 1 saturated heterocycles. The fourth-order valence-electron chi connectivity index (χ4n) is 4.09. The predicted octanol–water partition coefficient (Wildman–Crippen LogP) is 4.43. The van der Waals surface area contributed by atoms with Crippen LogP contribution in [0.4, 0.5) is 13.2 Å². The van der Waals surface area contributed by atoms with Crippen LogP contribution in [0.5, 0.6) is 0 Å². The highest BCUT2D eigenvalue weighted by Crippen LogP contribution is 2.32. The van der Waals surface area contributed by atoms with Crippen LogP contribution in [0.25, 0.3) is 11.0 Å². The summed E-state index contributed by atoms with van der Waals surface area (Å²) in [5.74, 6) is -1.23. The number of rotatable bonds is 5. The largest absolute Gasteiger partial charge is 0.381 e. The van der Waals surface area contributed by atoms with E-state index in [1.807, 2.05) is 0 Å². The van der Waals surface area contributed by atoms with Gasteiger partial charge in [0.05, 0.1) is 17.3 Å². The number of halogens is 3. The number of ether oxygens (including phenoxy) is 1. The number of aryl methyl sites for hydroxylation is 1. The second-order valence-electron chi connectivity index (χ2n) is 7.72. The van der Waals surface area contributed by atoms with Gasteiger partial charge in [0.2, 0.25) is 0 Å². The highest BCUT2D eigenvalue weighted by Gasteiger charge is 2.25. The Labute approximate surface area is 177 Å². The van der Waals surface area contributed by atoms with Crippen molar-refractivity contribution >= 4 is 16.9 Å². The number of fused-ring (bicyclic) bond motifs is 1. The number of alkyl halides is 2. The van der Waals surface area contributed by atoms with Gasteiger partial charge in [0.1, 0.15) is 23.5 Å². The molecule has 2 aromatic heterocycles. The minimum atomic E-state index is -2.93. The van der Waals surface area contributed by atoms with Crippen LogP contribution >= 0.6 is 0 Å². The molecular weight excluding hydrogens is 409 g/mol. The van der Waals surface area contributed by atoms with E-state index in [0.717, 1.165) is 30.0 Å². The number of hydrogen-bond acceptors (Lipinski definition) is 4. The highest BCUT2D eigenvalue weighted by atomic mass is 19.3. The number of amides is 1. The van der Waals surface area contributed by atoms with Crippen molar-refractivity contribution in [2.75, 3.05) is 13.2 Å². The quantitative estimate of drug-likeness (QED) is 0.648. The summed E-state index contributed by atoms with van der Waals surface area (Å²) < 4.78 is 47.6. The number of aromatic nitrogens is 3. The second kappa shape index (κ2) is 8.66. The lowest BCUT2D eigenvalue weighted by Gasteiger charge is -2.21. The second-order valence-corrected chi connectivity index (χ2v) is 7.72. The van der Waals surface area contributed by atoms with E-state index in [0.29, 0.717) is 24.6 Å². The summed E-state index contributed by atoms with van der Waals surface area (Å²) in [5, 5.41) is 3.50. The Hall–Kier alpha value is -2.94. The van der Waals surface area contributed by atoms with E-state index < -0.39 is 29.8 Å². The van der Waals surface area contributed by atoms with Crippen molar-refractivity contribution in [1.82, 2.24) is 19.9 Å². The first-order valence-electron chi connectivity index (χ1n) is 10.1. The summed E-state index contributed by atoms with van der Waals surface area (Å²) in [5.41, 5.74) is 1.17. The number of nitrogens with one attached hydrogen (secondary N) is 1. The summed E-state index contributed by atoms with van der Waals surface area (Å²) in [6, 6.07) is 4.72. The van der Waals surface area contributed by atoms with Crippen molar-refractivity contribution in [3.63, 3.8) is 0 Å². The highest BCUT2D eigenvalue weighted by molar-refractivity contribution is 5.98. The molecule has 9 heteroatoms. The molecule has 6 nitrogen and oxygen atoms in total. The van der Waals surface area contributed by atoms with E-state index in [9.17, 15) is 18.0 Å². The van der Waals surface area contributed by atoms with Gasteiger partial charge in [-0.3, -0.25) is 4.79 Å². The van der Waals surface area contributed by atoms with Crippen LogP contribution in [-0.4, -0.2) is 33.7 Å². The lowest BCUT2D eigenvalue weighted by atomic mass is 9.94. The first kappa shape index (κ1) is 21.3. The van der Waals surface area contributed by atoms with Crippen molar-refractivity contribution < 1.29 is 22.7 Å². The van der Waals surface area contributed by atoms with Gasteiger partial charge < -0.3 is 14.6 Å². The maximum Gasteiger partial charge on any atom is 0.268 e. The number of hydrogen-bond donors (Lipinski definition) is 1. The minimum absolute atomic E-state index is 0.00704. The first-order valence-corrected chi connectivity index (χ1v) is 10.1. The Balaban J connectivity index is 1.62. The normalized spacial score (nSPS) is 16.1. The van der Waals surface area contributed by atoms with Crippen LogP contribution in [0.1, 0.15) is 65.5 Å². The molecule has 164 valence electrons. The molecular formula is C22H23F3N4O2. The summed E-state index contributed by atoms with van der Waals surface area (Å²) in [6.07, 6.45) is 0.254. The zero-order valence-electron chi connectivity index (χ0n) is 17.2. The molecule has 4 rings (SSSR count). The van der Waals surface area contributed by atoms with Crippen LogP contribution < -0.4 is 5.32 Å². The van der Waals surface area contributed by atoms with Gasteiger partial charge >= 0.3 is 0 Å². The Bertz CT molecular complexity index is 1110. The molecule has 3 heterocycles. The third kappa shape index (κ3) is 4.01. The molecule has 0 unspecified atom stereocenters. The Kier molecular flexibility index (Phi) is 5.95. The molecule has 0 radical (unpaired) electrons. The molecule has 1 N–H and O–H groups in total. The molecule has 0 saturated carbocycles. The van der Waals surface area contributed by atoms with Crippen molar-refractivity contribution in [1.29, 1.82) is 0 Å². The van der Waals surface area contributed by atoms with Crippen LogP contribution in [0.15, 0.2) is 30.6 Å². The minimum Gasteiger partial charge on any atom is -0.381 e. The summed E-state index contributed by atoms with van der Waals surface area (Å²) in [4.78, 5) is 21.7. The molecule has 1 amide bonds. The molecule has 0 bridgehead atoms. The zero-order valence-corrected chi connectivity index (χ0v) is 17.2. The molecule has 0 aliphatic carbocycles. The van der Waals surface area contributed by atoms with Crippen molar-refractivity contribution in [3.8, 4) is 0 Å². The molecule has 1 aromatic carbocycles. The number of carbonyl (C=O) groups is 1. The third-order valence-corrected chi connectivity index (χ3v) is 5.80. The predicted molar refractivity (Wildman–Crippen MR) is 109 cm³/mol. The molecule has 3 aromatic rings. The van der Waals surface area contributed by atoms with E-state index in [1.165, 1.54) is 18.5 Å². The van der Waals surface area contributed by atoms with E-state index in [4.69, 9.17) is 4.74 Å². The first-order chi connectivity index (χ1) is 14.9. The number of benzene rings is 1. The number of nitrogens with zero attached hydrogens (tertiary/aromatic N) is 3. The summed E-state index contributed by atoms with van der Waals surface area (Å²) in [6.45, 7) is 2.88. The molecule has 1 aliphatic rings. The third-order valence-electron chi connectivity index (χ3n) is 5.80. The topological polar surface area (TPSA) is 69.0 Å². The van der Waals surface area contributed by atoms with Gasteiger partial charge in [-0.15, -0.1) is 0 Å². The molecule has 1 aliphatic heterocycles. The van der Waals surface area contributed by atoms with Crippen molar-refractivity contribution in [2.45, 2.75) is 38.2 Å². The van der Waals surface area contributed by atoms with Gasteiger partial charge in [-0.25, -0.2) is 23.1 Å². The fourth-order valence-corrected chi connectivity index (χ4v) is 4.09. The zero-order chi connectivity index (χ0) is 22.1. The SMILES string of the molecule is C[C@@H](NC(=O)c1cc2c(C3CCOCC3)ncnc2n1C)c1cccc(C(F)F)c1F. The van der Waals surface area contributed by atoms with Gasteiger partial charge in [-0.1, -0.05) is 18.2 Å². The van der Waals surface area contributed by atoms with Crippen LogP contribution in [0.2, 0.25) is 0 Å². The van der Waals surface area contributed by atoms with Gasteiger partial charge in [-0.05, 0) is 25.8 Å². The van der Waals surface area contributed by atoms with Gasteiger partial charge in [0.15, 0.2) is 0 Å². The van der Waals surface area contributed by atoms with Crippen LogP contribution in [-0.2, 0) is 11.8 Å². The van der Waals surface area contributed by atoms with Crippen molar-refractivity contribution in [3.05, 3.63) is 58.9 Å². The van der Waals surface area contributed by atoms with Gasteiger partial charge in [0, 0.05) is 37.1 Å². The van der Waals surface area contributed by atoms with E-state index in [2.05, 4.69) is 15.3 Å². The van der Waals surface area contributed by atoms with Crippen LogP contribution in [0.3, 0.4) is 0 Å². The van der Waals surface area contributed by atoms with E-state index in [-0.39, 0.29) is 11.5 Å². The van der Waals surface area contributed by atoms with E-state index >= 15 is 0 Å². The maximum atomic E-state index is 14.5. The van der Waals surface area contributed by atoms with Crippen molar-refractivity contribution in [2.24, 2.45) is 7.05 Å². The summed E-state index contributed by atoms with van der Waals surface area (Å²) >= 11 is 0. The average Bonchev–Trinajstić information content (AvgIpc) is 3.11. The standard InChI is InChI=1S/C22H23F3N4O2/c1-12(14-4-3-5-15(18(14)23)20(24)25)28-22(30)17-10-16-19(13-6-8-31-9-7-13)26-11-27-21(16)29(17)2/h3-5,10-13,20H,6-9H2,1-2H3,(H,28,30)/t12-/m1/s1. The Morgan fingerprint density at radius 3 is 2.65 bits per heavy atom. The van der Waals surface area contributed by atoms with Gasteiger partial charge in [-0.2, -0.15) is 0 Å². The smallest absolute Gasteiger partial charge is 0.268 e. The monoisotopic (exact) mass is 432 g/mol. The van der Waals surface area contributed by atoms with Gasteiger partial charge in [0.25, 0.3) is 12.3 Å². The molecule has 0 spiro atoms. The molecule has 31 heavy (non-hydrogen) atoms. The summed E-state index contributed by atoms with van der Waals surface area (Å²) in [7, 11) is 1.72. The average molecular weight is 432 g/mol. The number of carbonyl (C=O) groups excluding carboxylic acids is 1. The Morgan fingerprint density at radius 2 is 1.94 bits per heavy atom. The lowest BCUT2D eigenvalue weighted by Crippen LogP contribution is -2.29. The molecule has 1 fully saturated rings. The van der Waals surface area contributed by atoms with E-state index in [1.54, 1.807) is 24.6 Å². The maximum absolute atomic E-state index is 14.5. The Morgan fingerprint density at radius 1 is 1.23 bits per heavy atom. The molecule has 1 atom stereocenters.